The van der Waals surface area contributed by atoms with Crippen molar-refractivity contribution in [2.24, 2.45) is 10.9 Å². The molecule has 6 rings (SSSR count). The van der Waals surface area contributed by atoms with E-state index in [2.05, 4.69) is 37.2 Å². The Kier molecular flexibility index (Phi) is 2.47. The molecule has 24 heavy (non-hydrogen) atoms. The number of aromatic nitrogens is 2. The van der Waals surface area contributed by atoms with E-state index in [1.807, 2.05) is 6.92 Å². The topological polar surface area (TPSA) is 56.7 Å². The summed E-state index contributed by atoms with van der Waals surface area (Å²) in [4.78, 5) is 19.0. The molecule has 1 N–H and O–H groups in total. The highest BCUT2D eigenvalue weighted by Crippen LogP contribution is 2.52. The van der Waals surface area contributed by atoms with Gasteiger partial charge in [-0.2, -0.15) is 0 Å². The van der Waals surface area contributed by atoms with Gasteiger partial charge in [0.05, 0.1) is 12.1 Å². The first-order valence-electron chi connectivity index (χ1n) is 9.22. The Hall–Kier alpha value is -2.11. The van der Waals surface area contributed by atoms with Crippen LogP contribution in [0.15, 0.2) is 22.8 Å². The van der Waals surface area contributed by atoms with Gasteiger partial charge >= 0.3 is 0 Å². The number of nitrogens with zero attached hydrogens (tertiary/aromatic N) is 5. The molecule has 6 heteroatoms. The van der Waals surface area contributed by atoms with Crippen molar-refractivity contribution in [3.8, 4) is 0 Å². The summed E-state index contributed by atoms with van der Waals surface area (Å²) in [5, 5.41) is 3.60. The van der Waals surface area contributed by atoms with Gasteiger partial charge in [0, 0.05) is 36.8 Å². The van der Waals surface area contributed by atoms with Crippen molar-refractivity contribution in [2.45, 2.75) is 50.7 Å². The fraction of sp³-hybridized carbons (Fsp3) is 0.611. The summed E-state index contributed by atoms with van der Waals surface area (Å²) in [6.45, 7) is 4.20. The van der Waals surface area contributed by atoms with E-state index >= 15 is 0 Å². The first kappa shape index (κ1) is 13.2. The highest BCUT2D eigenvalue weighted by atomic mass is 15.4. The van der Waals surface area contributed by atoms with Crippen molar-refractivity contribution in [3.05, 3.63) is 23.7 Å². The zero-order chi connectivity index (χ0) is 15.8. The molecule has 0 spiro atoms. The minimum Gasteiger partial charge on any atom is -0.356 e. The molecule has 0 aromatic carbocycles. The van der Waals surface area contributed by atoms with Gasteiger partial charge in [0.25, 0.3) is 0 Å². The summed E-state index contributed by atoms with van der Waals surface area (Å²) in [6, 6.07) is 4.09. The minimum absolute atomic E-state index is 0.583. The van der Waals surface area contributed by atoms with Crippen molar-refractivity contribution in [3.63, 3.8) is 0 Å². The van der Waals surface area contributed by atoms with Gasteiger partial charge in [-0.05, 0) is 38.7 Å². The number of nitrogens with one attached hydrogen (secondary N) is 1. The van der Waals surface area contributed by atoms with Gasteiger partial charge < -0.3 is 15.1 Å². The second-order valence-corrected chi connectivity index (χ2v) is 7.75. The molecule has 5 aliphatic rings. The lowest BCUT2D eigenvalue weighted by atomic mass is 10.2. The van der Waals surface area contributed by atoms with Crippen molar-refractivity contribution in [1.82, 2.24) is 14.9 Å². The van der Waals surface area contributed by atoms with E-state index in [1.54, 1.807) is 0 Å². The number of hydrogen-bond donors (Lipinski definition) is 1. The Bertz CT molecular complexity index is 778. The van der Waals surface area contributed by atoms with Crippen molar-refractivity contribution in [2.75, 3.05) is 23.3 Å². The fourth-order valence-electron chi connectivity index (χ4n) is 4.61. The first-order chi connectivity index (χ1) is 11.8. The largest absolute Gasteiger partial charge is 0.356 e. The Morgan fingerprint density at radius 1 is 1.12 bits per heavy atom. The van der Waals surface area contributed by atoms with Crippen LogP contribution in [0.4, 0.5) is 11.6 Å². The van der Waals surface area contributed by atoms with Crippen LogP contribution in [-0.4, -0.2) is 51.9 Å². The summed E-state index contributed by atoms with van der Waals surface area (Å²) >= 11 is 0. The Morgan fingerprint density at radius 2 is 2.00 bits per heavy atom. The van der Waals surface area contributed by atoms with Gasteiger partial charge in [0.15, 0.2) is 0 Å². The van der Waals surface area contributed by atoms with Gasteiger partial charge in [-0.25, -0.2) is 9.97 Å². The molecule has 4 atom stereocenters. The smallest absolute Gasteiger partial charge is 0.135 e. The summed E-state index contributed by atoms with van der Waals surface area (Å²) in [6.07, 6.45) is 7.31. The monoisotopic (exact) mass is 322 g/mol. The lowest BCUT2D eigenvalue weighted by molar-refractivity contribution is 0.395. The number of rotatable bonds is 3. The van der Waals surface area contributed by atoms with E-state index in [0.717, 1.165) is 36.6 Å². The lowest BCUT2D eigenvalue weighted by Gasteiger charge is -2.27. The zero-order valence-electron chi connectivity index (χ0n) is 13.9. The molecule has 0 bridgehead atoms. The van der Waals surface area contributed by atoms with Crippen LogP contribution >= 0.6 is 0 Å². The van der Waals surface area contributed by atoms with Crippen molar-refractivity contribution in [1.29, 1.82) is 0 Å². The van der Waals surface area contributed by atoms with Gasteiger partial charge in [0.2, 0.25) is 0 Å². The number of aryl methyl sites for hydroxylation is 1. The van der Waals surface area contributed by atoms with Crippen molar-refractivity contribution < 1.29 is 0 Å². The molecule has 124 valence electrons. The Morgan fingerprint density at radius 3 is 2.88 bits per heavy atom. The first-order valence-corrected chi connectivity index (χ1v) is 9.22. The second kappa shape index (κ2) is 4.49. The summed E-state index contributed by atoms with van der Waals surface area (Å²) in [5.41, 5.74) is 1.29. The molecule has 1 saturated heterocycles. The SMILES string of the molecule is Cc1nc(NC2=CC3=NC4CC4N3C3CC23)cc(N2CCCC2)n1. The molecule has 3 fully saturated rings. The molecule has 1 aromatic rings. The molecule has 4 heterocycles. The molecule has 3 aliphatic heterocycles. The van der Waals surface area contributed by atoms with Crippen LogP contribution in [0, 0.1) is 12.8 Å². The van der Waals surface area contributed by atoms with Crippen molar-refractivity contribution >= 4 is 17.5 Å². The maximum absolute atomic E-state index is 4.84. The molecule has 2 saturated carbocycles. The van der Waals surface area contributed by atoms with Crippen LogP contribution in [0.2, 0.25) is 0 Å². The average molecular weight is 322 g/mol. The fourth-order valence-corrected chi connectivity index (χ4v) is 4.61. The van der Waals surface area contributed by atoms with Crippen LogP contribution in [0.25, 0.3) is 0 Å². The van der Waals surface area contributed by atoms with Crippen LogP contribution in [0.1, 0.15) is 31.5 Å². The minimum atomic E-state index is 0.583. The standard InChI is InChI=1S/C18H22N6/c1-10-19-16(9-17(20-10)23-4-2-3-5-23)21-12-8-18-22-13-7-15(13)24(18)14-6-11(12)14/h8-9,11,13-15H,2-7H2,1H3,(H,19,20,21). The van der Waals surface area contributed by atoms with E-state index in [1.165, 1.54) is 37.2 Å². The number of hydrogen-bond acceptors (Lipinski definition) is 6. The summed E-state index contributed by atoms with van der Waals surface area (Å²) in [7, 11) is 0. The predicted molar refractivity (Wildman–Crippen MR) is 93.3 cm³/mol. The average Bonchev–Trinajstić information content (AvgIpc) is 3.42. The molecule has 4 unspecified atom stereocenters. The number of aliphatic imine (C=N–C) groups is 1. The molecule has 1 aromatic heterocycles. The molecule has 6 nitrogen and oxygen atoms in total. The summed E-state index contributed by atoms with van der Waals surface area (Å²) < 4.78 is 0. The number of fused-ring (bicyclic) bond motifs is 5. The van der Waals surface area contributed by atoms with E-state index < -0.39 is 0 Å². The van der Waals surface area contributed by atoms with Crippen LogP contribution < -0.4 is 10.2 Å². The third-order valence-corrected chi connectivity index (χ3v) is 5.97. The Labute approximate surface area is 141 Å². The second-order valence-electron chi connectivity index (χ2n) is 7.75. The molecule has 0 amide bonds. The highest BCUT2D eigenvalue weighted by Gasteiger charge is 2.59. The molecular formula is C18H22N6. The lowest BCUT2D eigenvalue weighted by Crippen LogP contribution is -2.36. The molecular weight excluding hydrogens is 300 g/mol. The van der Waals surface area contributed by atoms with E-state index in [-0.39, 0.29) is 0 Å². The maximum Gasteiger partial charge on any atom is 0.135 e. The molecule has 0 radical (unpaired) electrons. The number of anilines is 2. The Balaban J connectivity index is 1.29. The maximum atomic E-state index is 4.84. The van der Waals surface area contributed by atoms with Gasteiger partial charge in [-0.15, -0.1) is 0 Å². The zero-order valence-corrected chi connectivity index (χ0v) is 13.9. The normalized spacial score (nSPS) is 35.0. The van der Waals surface area contributed by atoms with E-state index in [4.69, 9.17) is 4.99 Å². The third kappa shape index (κ3) is 1.91. The van der Waals surface area contributed by atoms with Gasteiger partial charge in [0.1, 0.15) is 23.3 Å². The number of amidine groups is 1. The van der Waals surface area contributed by atoms with E-state index in [0.29, 0.717) is 18.0 Å². The molecule has 2 aliphatic carbocycles. The van der Waals surface area contributed by atoms with E-state index in [9.17, 15) is 0 Å². The van der Waals surface area contributed by atoms with Gasteiger partial charge in [-0.1, -0.05) is 0 Å². The van der Waals surface area contributed by atoms with Gasteiger partial charge in [-0.3, -0.25) is 4.99 Å². The third-order valence-electron chi connectivity index (χ3n) is 5.97. The van der Waals surface area contributed by atoms with Crippen LogP contribution in [-0.2, 0) is 0 Å². The predicted octanol–water partition coefficient (Wildman–Crippen LogP) is 1.94. The van der Waals surface area contributed by atoms with Crippen LogP contribution in [0.3, 0.4) is 0 Å². The summed E-state index contributed by atoms with van der Waals surface area (Å²) in [5.74, 6) is 4.66. The van der Waals surface area contributed by atoms with Crippen LogP contribution in [0.5, 0.6) is 0 Å². The quantitative estimate of drug-likeness (QED) is 0.922. The highest BCUT2D eigenvalue weighted by molar-refractivity contribution is 5.98.